The van der Waals surface area contributed by atoms with E-state index in [0.717, 1.165) is 11.8 Å². The van der Waals surface area contributed by atoms with Crippen LogP contribution in [0.5, 0.6) is 0 Å². The zero-order valence-electron chi connectivity index (χ0n) is 9.87. The van der Waals surface area contributed by atoms with E-state index in [0.29, 0.717) is 5.75 Å². The van der Waals surface area contributed by atoms with E-state index < -0.39 is 17.0 Å². The fourth-order valence-corrected chi connectivity index (χ4v) is 1.97. The molecule has 1 atom stereocenters. The molecule has 3 nitrogen and oxygen atoms in total. The molecule has 0 aromatic rings. The van der Waals surface area contributed by atoms with E-state index in [1.807, 2.05) is 0 Å². The first-order valence-electron chi connectivity index (χ1n) is 5.49. The summed E-state index contributed by atoms with van der Waals surface area (Å²) < 4.78 is 30.1. The molecule has 0 spiro atoms. The first-order chi connectivity index (χ1) is 7.84. The van der Waals surface area contributed by atoms with Crippen LogP contribution >= 0.6 is 11.8 Å². The van der Waals surface area contributed by atoms with E-state index in [1.165, 1.54) is 0 Å². The first-order valence-corrected chi connectivity index (χ1v) is 6.48. The Bertz CT molecular complexity index is 305. The van der Waals surface area contributed by atoms with Crippen LogP contribution in [0, 0.1) is 11.8 Å². The predicted molar refractivity (Wildman–Crippen MR) is 61.2 cm³/mol. The molecule has 0 saturated heterocycles. The molecule has 1 unspecified atom stereocenters. The van der Waals surface area contributed by atoms with Crippen LogP contribution in [0.2, 0.25) is 0 Å². The van der Waals surface area contributed by atoms with Crippen molar-refractivity contribution in [2.45, 2.75) is 26.2 Å². The zero-order chi connectivity index (χ0) is 13.1. The molecule has 0 aromatic carbocycles. The van der Waals surface area contributed by atoms with Crippen LogP contribution in [0.3, 0.4) is 0 Å². The zero-order valence-corrected chi connectivity index (χ0v) is 10.7. The van der Waals surface area contributed by atoms with E-state index in [4.69, 9.17) is 4.74 Å². The summed E-state index contributed by atoms with van der Waals surface area (Å²) in [6.07, 6.45) is -0.328. The summed E-state index contributed by atoms with van der Waals surface area (Å²) in [6, 6.07) is 0. The van der Waals surface area contributed by atoms with Gasteiger partial charge in [-0.2, -0.15) is 0 Å². The van der Waals surface area contributed by atoms with Gasteiger partial charge in [0.25, 0.3) is 5.92 Å². The molecule has 1 saturated carbocycles. The molecular weight excluding hydrogens is 250 g/mol. The third kappa shape index (κ3) is 4.71. The molecular formula is C11H16F2O3S. The number of ketones is 1. The van der Waals surface area contributed by atoms with Crippen molar-refractivity contribution in [2.24, 2.45) is 11.8 Å². The maximum atomic E-state index is 12.5. The Kier molecular flexibility index (Phi) is 5.06. The van der Waals surface area contributed by atoms with Gasteiger partial charge in [0, 0.05) is 18.1 Å². The summed E-state index contributed by atoms with van der Waals surface area (Å²) in [6.45, 7) is 3.80. The largest absolute Gasteiger partial charge is 0.373 e. The molecule has 0 amide bonds. The minimum absolute atomic E-state index is 0.00458. The van der Waals surface area contributed by atoms with E-state index in [-0.39, 0.29) is 31.3 Å². The number of rotatable bonds is 7. The maximum Gasteiger partial charge on any atom is 0.259 e. The van der Waals surface area contributed by atoms with Gasteiger partial charge >= 0.3 is 0 Å². The van der Waals surface area contributed by atoms with Crippen LogP contribution in [-0.4, -0.2) is 35.8 Å². The van der Waals surface area contributed by atoms with Gasteiger partial charge in [-0.15, -0.1) is 0 Å². The lowest BCUT2D eigenvalue weighted by Crippen LogP contribution is -2.16. The van der Waals surface area contributed by atoms with Gasteiger partial charge in [0.2, 0.25) is 0 Å². The lowest BCUT2D eigenvalue weighted by molar-refractivity contribution is -0.126. The third-order valence-electron chi connectivity index (χ3n) is 2.47. The Balaban J connectivity index is 2.02. The van der Waals surface area contributed by atoms with Crippen LogP contribution in [-0.2, 0) is 14.3 Å². The van der Waals surface area contributed by atoms with Gasteiger partial charge in [-0.25, -0.2) is 8.78 Å². The molecule has 6 heteroatoms. The monoisotopic (exact) mass is 266 g/mol. The molecule has 0 aliphatic heterocycles. The van der Waals surface area contributed by atoms with Crippen LogP contribution in [0.25, 0.3) is 0 Å². The smallest absolute Gasteiger partial charge is 0.259 e. The maximum absolute atomic E-state index is 12.5. The number of hydrogen-bond acceptors (Lipinski definition) is 4. The summed E-state index contributed by atoms with van der Waals surface area (Å²) in [5.74, 6) is -3.66. The molecule has 0 bridgehead atoms. The van der Waals surface area contributed by atoms with Crippen molar-refractivity contribution in [2.75, 3.05) is 19.0 Å². The highest BCUT2D eigenvalue weighted by Crippen LogP contribution is 2.50. The van der Waals surface area contributed by atoms with Crippen LogP contribution in [0.4, 0.5) is 8.78 Å². The molecule has 0 radical (unpaired) electrons. The Labute approximate surface area is 103 Å². The van der Waals surface area contributed by atoms with Crippen molar-refractivity contribution >= 4 is 22.7 Å². The van der Waals surface area contributed by atoms with Crippen molar-refractivity contribution < 1.29 is 23.1 Å². The van der Waals surface area contributed by atoms with Gasteiger partial charge in [-0.3, -0.25) is 9.59 Å². The second kappa shape index (κ2) is 5.91. The number of carbonyl (C=O) groups is 2. The molecule has 1 rings (SSSR count). The number of halogens is 2. The SMILES string of the molecule is CC(C)C(=O)COCCSC(=O)C1CC1(F)F. The van der Waals surface area contributed by atoms with Crippen LogP contribution in [0.15, 0.2) is 0 Å². The molecule has 0 N–H and O–H groups in total. The van der Waals surface area contributed by atoms with Crippen molar-refractivity contribution in [3.63, 3.8) is 0 Å². The highest BCUT2D eigenvalue weighted by molar-refractivity contribution is 8.13. The lowest BCUT2D eigenvalue weighted by Gasteiger charge is -2.05. The fraction of sp³-hybridized carbons (Fsp3) is 0.818. The molecule has 1 aliphatic rings. The highest BCUT2D eigenvalue weighted by atomic mass is 32.2. The normalized spacial score (nSPS) is 21.6. The Morgan fingerprint density at radius 2 is 2.06 bits per heavy atom. The Morgan fingerprint density at radius 3 is 2.53 bits per heavy atom. The third-order valence-corrected chi connectivity index (χ3v) is 3.41. The molecule has 1 fully saturated rings. The van der Waals surface area contributed by atoms with Gasteiger partial charge in [0.05, 0.1) is 12.5 Å². The standard InChI is InChI=1S/C11H16F2O3S/c1-7(2)9(14)6-16-3-4-17-10(15)8-5-11(8,12)13/h7-8H,3-6H2,1-2H3. The van der Waals surface area contributed by atoms with Gasteiger partial charge in [-0.1, -0.05) is 25.6 Å². The highest BCUT2D eigenvalue weighted by Gasteiger charge is 2.60. The summed E-state index contributed by atoms with van der Waals surface area (Å²) in [5, 5.41) is -0.478. The number of alkyl halides is 2. The average molecular weight is 266 g/mol. The first kappa shape index (κ1) is 14.6. The summed E-state index contributed by atoms with van der Waals surface area (Å²) in [5.41, 5.74) is 0. The summed E-state index contributed by atoms with van der Waals surface area (Å²) in [7, 11) is 0. The van der Waals surface area contributed by atoms with Crippen molar-refractivity contribution in [1.29, 1.82) is 0 Å². The second-order valence-corrected chi connectivity index (χ2v) is 5.46. The van der Waals surface area contributed by atoms with E-state index in [1.54, 1.807) is 13.8 Å². The Morgan fingerprint density at radius 1 is 1.47 bits per heavy atom. The number of carbonyl (C=O) groups excluding carboxylic acids is 2. The number of thioether (sulfide) groups is 1. The van der Waals surface area contributed by atoms with Crippen LogP contribution < -0.4 is 0 Å². The molecule has 0 aromatic heterocycles. The fourth-order valence-electron chi connectivity index (χ4n) is 1.11. The quantitative estimate of drug-likeness (QED) is 0.662. The van der Waals surface area contributed by atoms with Crippen molar-refractivity contribution in [3.05, 3.63) is 0 Å². The number of hydrogen-bond donors (Lipinski definition) is 0. The Hall–Kier alpha value is -0.490. The average Bonchev–Trinajstić information content (AvgIpc) is 2.86. The van der Waals surface area contributed by atoms with Crippen molar-refractivity contribution in [1.82, 2.24) is 0 Å². The second-order valence-electron chi connectivity index (χ2n) is 4.36. The van der Waals surface area contributed by atoms with Gasteiger partial charge in [0.15, 0.2) is 10.9 Å². The minimum atomic E-state index is -2.79. The summed E-state index contributed by atoms with van der Waals surface area (Å²) in [4.78, 5) is 22.3. The molecule has 17 heavy (non-hydrogen) atoms. The van der Waals surface area contributed by atoms with E-state index in [9.17, 15) is 18.4 Å². The topological polar surface area (TPSA) is 43.4 Å². The predicted octanol–water partition coefficient (Wildman–Crippen LogP) is 2.14. The lowest BCUT2D eigenvalue weighted by atomic mass is 10.1. The minimum Gasteiger partial charge on any atom is -0.373 e. The molecule has 98 valence electrons. The van der Waals surface area contributed by atoms with E-state index in [2.05, 4.69) is 0 Å². The molecule has 1 aliphatic carbocycles. The number of Topliss-reactive ketones (excluding diaryl/α,β-unsaturated/α-hetero) is 1. The van der Waals surface area contributed by atoms with Crippen LogP contribution in [0.1, 0.15) is 20.3 Å². The summed E-state index contributed by atoms with van der Waals surface area (Å²) >= 11 is 0.854. The van der Waals surface area contributed by atoms with Crippen molar-refractivity contribution in [3.8, 4) is 0 Å². The van der Waals surface area contributed by atoms with Gasteiger partial charge < -0.3 is 4.74 Å². The van der Waals surface area contributed by atoms with Gasteiger partial charge in [-0.05, 0) is 0 Å². The number of ether oxygens (including phenoxy) is 1. The van der Waals surface area contributed by atoms with E-state index >= 15 is 0 Å². The van der Waals surface area contributed by atoms with Gasteiger partial charge in [0.1, 0.15) is 6.61 Å². The molecule has 0 heterocycles.